The number of carboxylic acid groups (broad SMARTS) is 1. The first-order valence-electron chi connectivity index (χ1n) is 11.6. The molecule has 11 nitrogen and oxygen atoms in total. The molecule has 3 heterocycles. The Morgan fingerprint density at radius 1 is 1.03 bits per heavy atom. The number of hydrogen-bond acceptors (Lipinski definition) is 9. The number of rotatable bonds is 7. The molecule has 2 N–H and O–H groups in total. The molecule has 11 heteroatoms. The largest absolute Gasteiger partial charge is 0.480 e. The zero-order valence-electron chi connectivity index (χ0n) is 20.9. The van der Waals surface area contributed by atoms with E-state index in [1.807, 2.05) is 13.8 Å². The minimum absolute atomic E-state index is 0.0956. The molecule has 3 saturated heterocycles. The molecule has 6 atom stereocenters. The lowest BCUT2D eigenvalue weighted by Gasteiger charge is -2.48. The average molecular weight is 488 g/mol. The molecule has 1 amide bonds. The second-order valence-corrected chi connectivity index (χ2v) is 10.9. The highest BCUT2D eigenvalue weighted by molar-refractivity contribution is 5.84. The molecule has 3 rings (SSSR count). The van der Waals surface area contributed by atoms with Crippen LogP contribution in [0.2, 0.25) is 0 Å². The Morgan fingerprint density at radius 2 is 1.65 bits per heavy atom. The molecule has 3 aliphatic rings. The van der Waals surface area contributed by atoms with E-state index in [4.69, 9.17) is 28.4 Å². The molecule has 0 aromatic rings. The van der Waals surface area contributed by atoms with Crippen molar-refractivity contribution in [2.24, 2.45) is 0 Å². The number of fused-ring (bicyclic) bond motifs is 3. The maximum absolute atomic E-state index is 12.8. The van der Waals surface area contributed by atoms with Crippen molar-refractivity contribution in [2.75, 3.05) is 6.61 Å². The van der Waals surface area contributed by atoms with Crippen molar-refractivity contribution in [2.45, 2.75) is 121 Å². The Morgan fingerprint density at radius 3 is 2.26 bits per heavy atom. The fraction of sp³-hybridized carbons (Fsp3) is 0.870. The average Bonchev–Trinajstić information content (AvgIpc) is 2.99. The van der Waals surface area contributed by atoms with Crippen LogP contribution in [0, 0.1) is 0 Å². The third kappa shape index (κ3) is 6.88. The first kappa shape index (κ1) is 26.8. The summed E-state index contributed by atoms with van der Waals surface area (Å²) in [6.07, 6.45) is -3.04. The zero-order chi connectivity index (χ0) is 25.5. The number of carbonyl (C=O) groups excluding carboxylic acids is 2. The number of ether oxygens (including phenoxy) is 6. The van der Waals surface area contributed by atoms with Crippen LogP contribution in [0.1, 0.15) is 67.7 Å². The van der Waals surface area contributed by atoms with Crippen LogP contribution < -0.4 is 5.32 Å². The first-order chi connectivity index (χ1) is 15.6. The van der Waals surface area contributed by atoms with Gasteiger partial charge in [-0.15, -0.1) is 0 Å². The number of esters is 1. The topological polar surface area (TPSA) is 139 Å². The van der Waals surface area contributed by atoms with Crippen LogP contribution in [-0.2, 0) is 42.8 Å². The summed E-state index contributed by atoms with van der Waals surface area (Å²) in [5, 5.41) is 12.0. The van der Waals surface area contributed by atoms with E-state index in [2.05, 4.69) is 5.32 Å². The predicted octanol–water partition coefficient (Wildman–Crippen LogP) is 1.51. The van der Waals surface area contributed by atoms with Crippen molar-refractivity contribution in [3.8, 4) is 0 Å². The van der Waals surface area contributed by atoms with E-state index < -0.39 is 71.6 Å². The summed E-state index contributed by atoms with van der Waals surface area (Å²) in [6, 6.07) is -1.24. The number of hydrogen-bond donors (Lipinski definition) is 2. The number of nitrogens with one attached hydrogen (secondary N) is 1. The van der Waals surface area contributed by atoms with Gasteiger partial charge in [-0.3, -0.25) is 9.59 Å². The van der Waals surface area contributed by atoms with Gasteiger partial charge in [0.1, 0.15) is 36.1 Å². The van der Waals surface area contributed by atoms with Crippen molar-refractivity contribution in [3.05, 3.63) is 0 Å². The molecular formula is C23H37NO10. The Kier molecular flexibility index (Phi) is 7.64. The predicted molar refractivity (Wildman–Crippen MR) is 117 cm³/mol. The van der Waals surface area contributed by atoms with Crippen molar-refractivity contribution in [3.63, 3.8) is 0 Å². The summed E-state index contributed by atoms with van der Waals surface area (Å²) >= 11 is 0. The fourth-order valence-corrected chi connectivity index (χ4v) is 4.38. The van der Waals surface area contributed by atoms with Crippen molar-refractivity contribution >= 4 is 17.8 Å². The van der Waals surface area contributed by atoms with Gasteiger partial charge in [0.05, 0.1) is 19.1 Å². The summed E-state index contributed by atoms with van der Waals surface area (Å²) in [4.78, 5) is 36.4. The lowest BCUT2D eigenvalue weighted by atomic mass is 9.92. The minimum Gasteiger partial charge on any atom is -0.480 e. The minimum atomic E-state index is -1.24. The van der Waals surface area contributed by atoms with Gasteiger partial charge in [0.25, 0.3) is 0 Å². The van der Waals surface area contributed by atoms with Crippen LogP contribution in [0.4, 0.5) is 0 Å². The van der Waals surface area contributed by atoms with Gasteiger partial charge in [-0.05, 0) is 54.9 Å². The molecule has 0 spiro atoms. The lowest BCUT2D eigenvalue weighted by Crippen LogP contribution is -2.64. The van der Waals surface area contributed by atoms with Gasteiger partial charge in [0.2, 0.25) is 5.91 Å². The normalized spacial score (nSPS) is 32.7. The molecule has 0 unspecified atom stereocenters. The van der Waals surface area contributed by atoms with E-state index in [1.165, 1.54) is 0 Å². The summed E-state index contributed by atoms with van der Waals surface area (Å²) in [5.41, 5.74) is -0.676. The SMILES string of the molecule is CC(C)(C)OC(=O)CC[C@H](NC(=O)C[C@@H]1O[C@@H]2COC(C)(C)O[C@H]2[C@@H]2OC(C)(C)O[C@@H]21)C(=O)O. The second kappa shape index (κ2) is 9.69. The molecule has 3 aliphatic heterocycles. The van der Waals surface area contributed by atoms with Crippen LogP contribution >= 0.6 is 0 Å². The van der Waals surface area contributed by atoms with Gasteiger partial charge in [0, 0.05) is 6.42 Å². The third-order valence-corrected chi connectivity index (χ3v) is 5.66. The van der Waals surface area contributed by atoms with Gasteiger partial charge in [-0.2, -0.15) is 0 Å². The van der Waals surface area contributed by atoms with E-state index >= 15 is 0 Å². The smallest absolute Gasteiger partial charge is 0.326 e. The van der Waals surface area contributed by atoms with Gasteiger partial charge >= 0.3 is 11.9 Å². The van der Waals surface area contributed by atoms with E-state index in [-0.39, 0.29) is 25.9 Å². The second-order valence-electron chi connectivity index (χ2n) is 10.9. The molecular weight excluding hydrogens is 450 g/mol. The van der Waals surface area contributed by atoms with E-state index in [1.54, 1.807) is 34.6 Å². The Balaban J connectivity index is 1.62. The molecule has 0 aromatic heterocycles. The summed E-state index contributed by atoms with van der Waals surface area (Å²) in [5.74, 6) is -4.01. The van der Waals surface area contributed by atoms with E-state index in [0.29, 0.717) is 0 Å². The highest BCUT2D eigenvalue weighted by Gasteiger charge is 2.58. The molecule has 34 heavy (non-hydrogen) atoms. The Hall–Kier alpha value is -1.79. The van der Waals surface area contributed by atoms with Crippen molar-refractivity contribution in [1.82, 2.24) is 5.32 Å². The van der Waals surface area contributed by atoms with Crippen LogP contribution in [0.5, 0.6) is 0 Å². The third-order valence-electron chi connectivity index (χ3n) is 5.66. The number of amides is 1. The maximum Gasteiger partial charge on any atom is 0.326 e. The van der Waals surface area contributed by atoms with Gasteiger partial charge in [-0.1, -0.05) is 0 Å². The highest BCUT2D eigenvalue weighted by atomic mass is 16.8. The standard InChI is InChI=1S/C23H37NO10/c1-21(2,3)31-16(26)9-8-12(20(27)28)24-15(25)10-13-17-19(34-23(6,7)33-17)18-14(30-13)11-29-22(4,5)32-18/h12-14,17-19H,8-11H2,1-7H3,(H,24,25)(H,27,28)/t12-,13-,14+,17+,18+,19+/m0/s1. The van der Waals surface area contributed by atoms with Crippen LogP contribution in [-0.4, -0.2) is 83.3 Å². The quantitative estimate of drug-likeness (QED) is 0.508. The van der Waals surface area contributed by atoms with Crippen LogP contribution in [0.15, 0.2) is 0 Å². The first-order valence-corrected chi connectivity index (χ1v) is 11.6. The number of carbonyl (C=O) groups is 3. The summed E-state index contributed by atoms with van der Waals surface area (Å²) in [6.45, 7) is 12.6. The highest BCUT2D eigenvalue weighted by Crippen LogP contribution is 2.42. The lowest BCUT2D eigenvalue weighted by molar-refractivity contribution is -0.348. The van der Waals surface area contributed by atoms with Crippen LogP contribution in [0.25, 0.3) is 0 Å². The number of carboxylic acids is 1. The molecule has 3 fully saturated rings. The number of aliphatic carboxylic acids is 1. The molecule has 194 valence electrons. The maximum atomic E-state index is 12.8. The monoisotopic (exact) mass is 487 g/mol. The Labute approximate surface area is 199 Å². The van der Waals surface area contributed by atoms with Gasteiger partial charge in [-0.25, -0.2) is 4.79 Å². The zero-order valence-corrected chi connectivity index (χ0v) is 20.9. The van der Waals surface area contributed by atoms with E-state index in [9.17, 15) is 19.5 Å². The van der Waals surface area contributed by atoms with Gasteiger partial charge < -0.3 is 38.8 Å². The molecule has 0 saturated carbocycles. The van der Waals surface area contributed by atoms with Crippen molar-refractivity contribution < 1.29 is 47.9 Å². The van der Waals surface area contributed by atoms with Crippen LogP contribution in [0.3, 0.4) is 0 Å². The molecule has 0 radical (unpaired) electrons. The fourth-order valence-electron chi connectivity index (χ4n) is 4.38. The Bertz CT molecular complexity index is 789. The van der Waals surface area contributed by atoms with Gasteiger partial charge in [0.15, 0.2) is 11.6 Å². The molecule has 0 aromatic carbocycles. The van der Waals surface area contributed by atoms with Crippen molar-refractivity contribution in [1.29, 1.82) is 0 Å². The molecule has 0 aliphatic carbocycles. The molecule has 0 bridgehead atoms. The summed E-state index contributed by atoms with van der Waals surface area (Å²) < 4.78 is 35.2. The summed E-state index contributed by atoms with van der Waals surface area (Å²) in [7, 11) is 0. The van der Waals surface area contributed by atoms with E-state index in [0.717, 1.165) is 0 Å².